The monoisotopic (exact) mass is 366 g/mol. The number of hydrogen-bond acceptors (Lipinski definition) is 5. The number of rotatable bonds is 6. The van der Waals surface area contributed by atoms with E-state index < -0.39 is 25.4 Å². The summed E-state index contributed by atoms with van der Waals surface area (Å²) in [5, 5.41) is 3.59. The van der Waals surface area contributed by atoms with E-state index in [4.69, 9.17) is 11.6 Å². The lowest BCUT2D eigenvalue weighted by molar-refractivity contribution is 0.400. The summed E-state index contributed by atoms with van der Waals surface area (Å²) in [5.41, 5.74) is -0.482. The lowest BCUT2D eigenvalue weighted by atomic mass is 10.0. The van der Waals surface area contributed by atoms with Crippen molar-refractivity contribution in [3.63, 3.8) is 0 Å². The average Bonchev–Trinajstić information content (AvgIpc) is 2.70. The molecular formula is C13H19ClN2O4S2. The summed E-state index contributed by atoms with van der Waals surface area (Å²) in [6.45, 7) is 2.38. The molecule has 6 nitrogen and oxygen atoms in total. The minimum Gasteiger partial charge on any atom is -0.309 e. The zero-order valence-electron chi connectivity index (χ0n) is 12.2. The van der Waals surface area contributed by atoms with Crippen LogP contribution in [0.2, 0.25) is 5.02 Å². The number of sulfone groups is 1. The summed E-state index contributed by atoms with van der Waals surface area (Å²) in [4.78, 5) is 0.145. The van der Waals surface area contributed by atoms with E-state index in [0.29, 0.717) is 18.0 Å². The van der Waals surface area contributed by atoms with Crippen LogP contribution in [0.5, 0.6) is 0 Å². The van der Waals surface area contributed by atoms with Gasteiger partial charge in [0.25, 0.3) is 0 Å². The molecule has 1 aliphatic heterocycles. The van der Waals surface area contributed by atoms with Crippen molar-refractivity contribution < 1.29 is 16.8 Å². The van der Waals surface area contributed by atoms with Crippen LogP contribution in [0.3, 0.4) is 0 Å². The first-order chi connectivity index (χ1) is 10.1. The second-order valence-corrected chi connectivity index (χ2v) is 10.1. The first-order valence-electron chi connectivity index (χ1n) is 6.83. The van der Waals surface area contributed by atoms with Crippen LogP contribution < -0.4 is 10.0 Å². The maximum Gasteiger partial charge on any atom is 0.240 e. The van der Waals surface area contributed by atoms with E-state index in [0.717, 1.165) is 0 Å². The predicted molar refractivity (Wildman–Crippen MR) is 86.3 cm³/mol. The molecule has 0 aromatic heterocycles. The Morgan fingerprint density at radius 1 is 1.23 bits per heavy atom. The Morgan fingerprint density at radius 3 is 2.41 bits per heavy atom. The minimum atomic E-state index is -3.58. The van der Waals surface area contributed by atoms with Crippen molar-refractivity contribution in [1.82, 2.24) is 10.0 Å². The second-order valence-electron chi connectivity index (χ2n) is 5.68. The molecule has 1 atom stereocenters. The SMILES string of the molecule is C[C@@]1(NCCNS(=O)(=O)c2ccc(Cl)cc2)CCS(=O)(=O)C1. The Kier molecular flexibility index (Phi) is 5.18. The number of sulfonamides is 1. The molecule has 0 saturated carbocycles. The van der Waals surface area contributed by atoms with Gasteiger partial charge in [0, 0.05) is 23.7 Å². The van der Waals surface area contributed by atoms with Gasteiger partial charge in [-0.25, -0.2) is 21.6 Å². The largest absolute Gasteiger partial charge is 0.309 e. The van der Waals surface area contributed by atoms with Crippen LogP contribution in [0, 0.1) is 0 Å². The molecular weight excluding hydrogens is 348 g/mol. The van der Waals surface area contributed by atoms with Crippen molar-refractivity contribution in [3.8, 4) is 0 Å². The third kappa shape index (κ3) is 4.66. The topological polar surface area (TPSA) is 92.3 Å². The Morgan fingerprint density at radius 2 is 1.86 bits per heavy atom. The van der Waals surface area contributed by atoms with Crippen LogP contribution in [0.1, 0.15) is 13.3 Å². The summed E-state index contributed by atoms with van der Waals surface area (Å²) < 4.78 is 49.5. The van der Waals surface area contributed by atoms with Crippen LogP contribution >= 0.6 is 11.6 Å². The zero-order chi connectivity index (χ0) is 16.4. The van der Waals surface area contributed by atoms with Gasteiger partial charge in [-0.05, 0) is 37.6 Å². The van der Waals surface area contributed by atoms with E-state index in [1.807, 2.05) is 6.92 Å². The van der Waals surface area contributed by atoms with Gasteiger partial charge in [-0.2, -0.15) is 0 Å². The van der Waals surface area contributed by atoms with Crippen LogP contribution in [-0.4, -0.2) is 47.0 Å². The van der Waals surface area contributed by atoms with Gasteiger partial charge < -0.3 is 5.32 Å². The summed E-state index contributed by atoms with van der Waals surface area (Å²) >= 11 is 5.73. The Hall–Kier alpha value is -0.670. The average molecular weight is 367 g/mol. The molecule has 0 spiro atoms. The normalized spacial score (nSPS) is 24.5. The van der Waals surface area contributed by atoms with Crippen LogP contribution in [0.4, 0.5) is 0 Å². The van der Waals surface area contributed by atoms with E-state index in [1.54, 1.807) is 0 Å². The third-order valence-electron chi connectivity index (χ3n) is 3.60. The first kappa shape index (κ1) is 17.7. The standard InChI is InChI=1S/C13H19ClN2O4S2/c1-13(6-9-21(17,18)10-13)15-7-8-16-22(19,20)12-4-2-11(14)3-5-12/h2-5,15-16H,6-10H2,1H3/t13-/m1/s1. The smallest absolute Gasteiger partial charge is 0.240 e. The fourth-order valence-electron chi connectivity index (χ4n) is 2.40. The van der Waals surface area contributed by atoms with E-state index in [9.17, 15) is 16.8 Å². The highest BCUT2D eigenvalue weighted by Crippen LogP contribution is 2.22. The fourth-order valence-corrected chi connectivity index (χ4v) is 5.68. The van der Waals surface area contributed by atoms with Crippen molar-refractivity contribution in [3.05, 3.63) is 29.3 Å². The summed E-state index contributed by atoms with van der Waals surface area (Å²) in [6.07, 6.45) is 0.541. The second kappa shape index (κ2) is 6.45. The molecule has 0 bridgehead atoms. The summed E-state index contributed by atoms with van der Waals surface area (Å²) in [6, 6.07) is 5.89. The van der Waals surface area contributed by atoms with Crippen molar-refractivity contribution in [2.75, 3.05) is 24.6 Å². The van der Waals surface area contributed by atoms with Crippen molar-refractivity contribution in [1.29, 1.82) is 0 Å². The van der Waals surface area contributed by atoms with E-state index >= 15 is 0 Å². The van der Waals surface area contributed by atoms with Gasteiger partial charge in [0.2, 0.25) is 10.0 Å². The van der Waals surface area contributed by atoms with Crippen LogP contribution in [0.25, 0.3) is 0 Å². The molecule has 2 rings (SSSR count). The maximum absolute atomic E-state index is 12.0. The lowest BCUT2D eigenvalue weighted by Crippen LogP contribution is -2.46. The first-order valence-corrected chi connectivity index (χ1v) is 10.5. The van der Waals surface area contributed by atoms with E-state index in [1.165, 1.54) is 24.3 Å². The lowest BCUT2D eigenvalue weighted by Gasteiger charge is -2.24. The highest BCUT2D eigenvalue weighted by Gasteiger charge is 2.37. The molecule has 0 aliphatic carbocycles. The number of halogens is 1. The molecule has 1 fully saturated rings. The molecule has 1 aromatic rings. The zero-order valence-corrected chi connectivity index (χ0v) is 14.6. The molecule has 1 aliphatic rings. The fraction of sp³-hybridized carbons (Fsp3) is 0.538. The highest BCUT2D eigenvalue weighted by molar-refractivity contribution is 7.91. The van der Waals surface area contributed by atoms with Crippen molar-refractivity contribution in [2.24, 2.45) is 0 Å². The molecule has 9 heteroatoms. The number of nitrogens with one attached hydrogen (secondary N) is 2. The van der Waals surface area contributed by atoms with Gasteiger partial charge in [-0.15, -0.1) is 0 Å². The van der Waals surface area contributed by atoms with Gasteiger partial charge in [0.1, 0.15) is 0 Å². The van der Waals surface area contributed by atoms with E-state index in [-0.39, 0.29) is 22.9 Å². The molecule has 0 unspecified atom stereocenters. The highest BCUT2D eigenvalue weighted by atomic mass is 35.5. The van der Waals surface area contributed by atoms with Gasteiger partial charge >= 0.3 is 0 Å². The molecule has 1 saturated heterocycles. The molecule has 1 aromatic carbocycles. The van der Waals surface area contributed by atoms with Gasteiger partial charge in [-0.3, -0.25) is 0 Å². The molecule has 0 amide bonds. The predicted octanol–water partition coefficient (Wildman–Crippen LogP) is 0.785. The van der Waals surface area contributed by atoms with Crippen molar-refractivity contribution in [2.45, 2.75) is 23.8 Å². The molecule has 124 valence electrons. The van der Waals surface area contributed by atoms with Crippen molar-refractivity contribution >= 4 is 31.5 Å². The molecule has 2 N–H and O–H groups in total. The third-order valence-corrected chi connectivity index (χ3v) is 7.23. The maximum atomic E-state index is 12.0. The van der Waals surface area contributed by atoms with Gasteiger partial charge in [0.05, 0.1) is 16.4 Å². The summed E-state index contributed by atoms with van der Waals surface area (Å²) in [7, 11) is -6.56. The van der Waals surface area contributed by atoms with E-state index in [2.05, 4.69) is 10.0 Å². The van der Waals surface area contributed by atoms with Gasteiger partial charge in [-0.1, -0.05) is 11.6 Å². The molecule has 22 heavy (non-hydrogen) atoms. The number of benzene rings is 1. The quantitative estimate of drug-likeness (QED) is 0.726. The van der Waals surface area contributed by atoms with Crippen LogP contribution in [-0.2, 0) is 19.9 Å². The van der Waals surface area contributed by atoms with Gasteiger partial charge in [0.15, 0.2) is 9.84 Å². The molecule has 1 heterocycles. The number of hydrogen-bond donors (Lipinski definition) is 2. The van der Waals surface area contributed by atoms with Crippen LogP contribution in [0.15, 0.2) is 29.2 Å². The Balaban J connectivity index is 1.85. The Bertz CT molecular complexity index is 732. The summed E-state index contributed by atoms with van der Waals surface area (Å²) in [5.74, 6) is 0.261. The molecule has 0 radical (unpaired) electrons. The minimum absolute atomic E-state index is 0.0872. The Labute approximate surface area is 136 Å².